The number of para-hydroxylation sites is 1. The minimum absolute atomic E-state index is 0.0606. The second-order valence-electron chi connectivity index (χ2n) is 7.61. The van der Waals surface area contributed by atoms with Crippen LogP contribution < -0.4 is 14.8 Å². The molecule has 6 heteroatoms. The minimum atomic E-state index is -0.163. The highest BCUT2D eigenvalue weighted by Gasteiger charge is 2.45. The molecule has 1 spiro atoms. The van der Waals surface area contributed by atoms with Crippen molar-refractivity contribution in [1.29, 1.82) is 0 Å². The number of fused-ring (bicyclic) bond motifs is 1. The molecule has 0 bridgehead atoms. The average molecular weight is 402 g/mol. The summed E-state index contributed by atoms with van der Waals surface area (Å²) in [5.41, 5.74) is 1.46. The van der Waals surface area contributed by atoms with Crippen LogP contribution in [-0.2, 0) is 11.2 Å². The monoisotopic (exact) mass is 401 g/mol. The number of phenolic OH excluding ortho intramolecular Hbond substituents is 1. The summed E-state index contributed by atoms with van der Waals surface area (Å²) in [5, 5.41) is 14.0. The molecule has 1 amide bonds. The molecule has 148 valence electrons. The van der Waals surface area contributed by atoms with E-state index in [1.807, 2.05) is 24.3 Å². The quantitative estimate of drug-likeness (QED) is 0.771. The van der Waals surface area contributed by atoms with Gasteiger partial charge in [0, 0.05) is 23.4 Å². The van der Waals surface area contributed by atoms with Crippen LogP contribution in [-0.4, -0.2) is 23.7 Å². The number of ether oxygens (including phenoxy) is 2. The molecule has 1 fully saturated rings. The Morgan fingerprint density at radius 2 is 2.18 bits per heavy atom. The lowest BCUT2D eigenvalue weighted by molar-refractivity contribution is -0.123. The van der Waals surface area contributed by atoms with Gasteiger partial charge in [0.2, 0.25) is 5.91 Å². The van der Waals surface area contributed by atoms with E-state index in [0.717, 1.165) is 37.0 Å². The van der Waals surface area contributed by atoms with Crippen LogP contribution >= 0.6 is 11.6 Å². The lowest BCUT2D eigenvalue weighted by Crippen LogP contribution is -2.49. The maximum atomic E-state index is 12.7. The molecule has 1 aliphatic carbocycles. The van der Waals surface area contributed by atoms with Gasteiger partial charge in [-0.15, -0.1) is 0 Å². The number of carbonyl (C=O) groups is 1. The van der Waals surface area contributed by atoms with Crippen molar-refractivity contribution in [2.45, 2.75) is 50.2 Å². The molecule has 2 aromatic carbocycles. The lowest BCUT2D eigenvalue weighted by atomic mass is 9.73. The van der Waals surface area contributed by atoms with Gasteiger partial charge in [-0.3, -0.25) is 4.79 Å². The van der Waals surface area contributed by atoms with E-state index >= 15 is 0 Å². The third-order valence-electron chi connectivity index (χ3n) is 5.77. The van der Waals surface area contributed by atoms with Gasteiger partial charge < -0.3 is 19.9 Å². The topological polar surface area (TPSA) is 67.8 Å². The van der Waals surface area contributed by atoms with Crippen molar-refractivity contribution in [2.75, 3.05) is 7.11 Å². The molecule has 1 atom stereocenters. The van der Waals surface area contributed by atoms with Gasteiger partial charge in [-0.05, 0) is 55.5 Å². The van der Waals surface area contributed by atoms with Crippen molar-refractivity contribution in [3.8, 4) is 17.2 Å². The van der Waals surface area contributed by atoms with Crippen LogP contribution in [0.3, 0.4) is 0 Å². The first kappa shape index (κ1) is 18.9. The van der Waals surface area contributed by atoms with Crippen LogP contribution in [0.25, 0.3) is 0 Å². The van der Waals surface area contributed by atoms with E-state index < -0.39 is 0 Å². The number of nitrogens with one attached hydrogen (secondary N) is 1. The lowest BCUT2D eigenvalue weighted by Gasteiger charge is -2.48. The molecule has 4 rings (SSSR count). The summed E-state index contributed by atoms with van der Waals surface area (Å²) < 4.78 is 11.4. The maximum absolute atomic E-state index is 12.7. The zero-order chi connectivity index (χ0) is 19.7. The zero-order valence-corrected chi connectivity index (χ0v) is 16.6. The van der Waals surface area contributed by atoms with Crippen LogP contribution in [0.4, 0.5) is 0 Å². The molecule has 1 saturated carbocycles. The number of aromatic hydroxyl groups is 1. The molecule has 2 aromatic rings. The fourth-order valence-corrected chi connectivity index (χ4v) is 4.28. The van der Waals surface area contributed by atoms with Crippen molar-refractivity contribution >= 4 is 17.5 Å². The average Bonchev–Trinajstić information content (AvgIpc) is 2.66. The van der Waals surface area contributed by atoms with Gasteiger partial charge in [-0.1, -0.05) is 23.7 Å². The van der Waals surface area contributed by atoms with E-state index in [1.165, 1.54) is 7.11 Å². The molecule has 0 saturated heterocycles. The summed E-state index contributed by atoms with van der Waals surface area (Å²) in [7, 11) is 1.51. The number of hydrogen-bond acceptors (Lipinski definition) is 4. The van der Waals surface area contributed by atoms with Gasteiger partial charge in [0.15, 0.2) is 11.5 Å². The first-order chi connectivity index (χ1) is 13.5. The van der Waals surface area contributed by atoms with E-state index in [2.05, 4.69) is 5.32 Å². The molecule has 2 aliphatic rings. The van der Waals surface area contributed by atoms with Gasteiger partial charge in [-0.2, -0.15) is 0 Å². The third kappa shape index (κ3) is 3.63. The Bertz CT molecular complexity index is 894. The molecule has 1 heterocycles. The zero-order valence-electron chi connectivity index (χ0n) is 15.8. The Balaban J connectivity index is 1.46. The molecule has 1 aliphatic heterocycles. The maximum Gasteiger partial charge on any atom is 0.220 e. The first-order valence-corrected chi connectivity index (χ1v) is 10.0. The van der Waals surface area contributed by atoms with Crippen LogP contribution in [0, 0.1) is 0 Å². The van der Waals surface area contributed by atoms with Crippen molar-refractivity contribution in [3.63, 3.8) is 0 Å². The van der Waals surface area contributed by atoms with Gasteiger partial charge in [0.1, 0.15) is 11.4 Å². The summed E-state index contributed by atoms with van der Waals surface area (Å²) in [6.07, 6.45) is 4.65. The normalized spacial score (nSPS) is 19.3. The highest BCUT2D eigenvalue weighted by molar-refractivity contribution is 6.30. The largest absolute Gasteiger partial charge is 0.504 e. The number of carbonyl (C=O) groups excluding carboxylic acids is 1. The molecule has 1 unspecified atom stereocenters. The number of halogens is 1. The Hall–Kier alpha value is -2.40. The molecular formula is C22H24ClNO4. The predicted octanol–water partition coefficient (Wildman–Crippen LogP) is 4.55. The number of aryl methyl sites for hydroxylation is 1. The summed E-state index contributed by atoms with van der Waals surface area (Å²) in [5.74, 6) is 1.26. The van der Waals surface area contributed by atoms with E-state index in [9.17, 15) is 9.90 Å². The van der Waals surface area contributed by atoms with Gasteiger partial charge in [0.05, 0.1) is 13.2 Å². The number of benzene rings is 2. The van der Waals surface area contributed by atoms with E-state index in [1.54, 1.807) is 12.1 Å². The van der Waals surface area contributed by atoms with E-state index in [4.69, 9.17) is 21.1 Å². The number of hydrogen-bond donors (Lipinski definition) is 2. The Morgan fingerprint density at radius 3 is 2.89 bits per heavy atom. The second-order valence-corrected chi connectivity index (χ2v) is 8.05. The van der Waals surface area contributed by atoms with Crippen LogP contribution in [0.5, 0.6) is 17.2 Å². The van der Waals surface area contributed by atoms with Gasteiger partial charge >= 0.3 is 0 Å². The number of amides is 1. The van der Waals surface area contributed by atoms with Gasteiger partial charge in [0.25, 0.3) is 0 Å². The number of rotatable bonds is 5. The first-order valence-electron chi connectivity index (χ1n) is 9.62. The summed E-state index contributed by atoms with van der Waals surface area (Å²) in [6, 6.07) is 10.8. The fraction of sp³-hybridized carbons (Fsp3) is 0.409. The summed E-state index contributed by atoms with van der Waals surface area (Å²) in [4.78, 5) is 12.7. The highest BCUT2D eigenvalue weighted by atomic mass is 35.5. The third-order valence-corrected chi connectivity index (χ3v) is 6.01. The standard InChI is InChI=1S/C22H24ClNO4/c1-27-19-5-2-4-14(21(19)26)6-9-20(25)24-17-13-22(10-3-11-22)28-18-8-7-15(23)12-16(17)18/h2,4-5,7-8,12,17,26H,3,6,9-11,13H2,1H3,(H,24,25). The fourth-order valence-electron chi connectivity index (χ4n) is 4.10. The predicted molar refractivity (Wildman–Crippen MR) is 107 cm³/mol. The van der Waals surface area contributed by atoms with Gasteiger partial charge in [-0.25, -0.2) is 0 Å². The number of methoxy groups -OCH3 is 1. The molecule has 2 N–H and O–H groups in total. The Morgan fingerprint density at radius 1 is 1.36 bits per heavy atom. The molecule has 28 heavy (non-hydrogen) atoms. The van der Waals surface area contributed by atoms with E-state index in [-0.39, 0.29) is 29.7 Å². The second kappa shape index (κ2) is 7.55. The molecule has 5 nitrogen and oxygen atoms in total. The molecular weight excluding hydrogens is 378 g/mol. The number of phenols is 1. The highest BCUT2D eigenvalue weighted by Crippen LogP contribution is 2.49. The van der Waals surface area contributed by atoms with Crippen molar-refractivity contribution < 1.29 is 19.4 Å². The Kier molecular flexibility index (Phi) is 5.11. The minimum Gasteiger partial charge on any atom is -0.504 e. The smallest absolute Gasteiger partial charge is 0.220 e. The van der Waals surface area contributed by atoms with Crippen LogP contribution in [0.1, 0.15) is 49.3 Å². The van der Waals surface area contributed by atoms with E-state index in [0.29, 0.717) is 22.8 Å². The molecule has 0 radical (unpaired) electrons. The van der Waals surface area contributed by atoms with Crippen molar-refractivity contribution in [1.82, 2.24) is 5.32 Å². The van der Waals surface area contributed by atoms with Crippen LogP contribution in [0.2, 0.25) is 5.02 Å². The summed E-state index contributed by atoms with van der Waals surface area (Å²) >= 11 is 6.18. The summed E-state index contributed by atoms with van der Waals surface area (Å²) in [6.45, 7) is 0. The Labute approximate surface area is 169 Å². The van der Waals surface area contributed by atoms with Crippen molar-refractivity contribution in [3.05, 3.63) is 52.5 Å². The molecule has 0 aromatic heterocycles. The van der Waals surface area contributed by atoms with Crippen molar-refractivity contribution in [2.24, 2.45) is 0 Å². The SMILES string of the molecule is COc1cccc(CCC(=O)NC2CC3(CCC3)Oc3ccc(Cl)cc32)c1O. The van der Waals surface area contributed by atoms with Crippen LogP contribution in [0.15, 0.2) is 36.4 Å².